The van der Waals surface area contributed by atoms with Gasteiger partial charge < -0.3 is 4.84 Å². The zero-order valence-electron chi connectivity index (χ0n) is 19.5. The van der Waals surface area contributed by atoms with Crippen LogP contribution in [0.2, 0.25) is 0 Å². The fourth-order valence-corrected chi connectivity index (χ4v) is 9.52. The highest BCUT2D eigenvalue weighted by Gasteiger charge is 2.62. The second-order valence-corrected chi connectivity index (χ2v) is 12.5. The van der Waals surface area contributed by atoms with E-state index in [1.165, 1.54) is 77.0 Å². The Morgan fingerprint density at radius 2 is 1.79 bits per heavy atom. The predicted octanol–water partition coefficient (Wildman–Crippen LogP) is 7.47. The average molecular weight is 400 g/mol. The van der Waals surface area contributed by atoms with Crippen LogP contribution in [0.1, 0.15) is 105 Å². The van der Waals surface area contributed by atoms with Crippen molar-refractivity contribution in [2.75, 3.05) is 0 Å². The standard InChI is InChI=1S/C27H45NO/c1-18(2)6-5-7-19(3)23-12-13-24-22-11-9-20-8-10-21-16-27(20,17-28-29-21)25(22)14-15-26(23,24)4/h17-25H,5-16H2,1-4H3/t19-,20+,21-,22-,23-,24+,25-,26-,27-/m0/s1. The lowest BCUT2D eigenvalue weighted by atomic mass is 9.44. The summed E-state index contributed by atoms with van der Waals surface area (Å²) in [6.07, 6.45) is 19.9. The van der Waals surface area contributed by atoms with Gasteiger partial charge in [0.1, 0.15) is 6.10 Å². The number of rotatable bonds is 5. The molecule has 0 saturated heterocycles. The van der Waals surface area contributed by atoms with Crippen LogP contribution < -0.4 is 0 Å². The van der Waals surface area contributed by atoms with Crippen molar-refractivity contribution in [3.05, 3.63) is 0 Å². The Morgan fingerprint density at radius 3 is 2.62 bits per heavy atom. The highest BCUT2D eigenvalue weighted by atomic mass is 16.6. The van der Waals surface area contributed by atoms with Crippen molar-refractivity contribution in [3.63, 3.8) is 0 Å². The van der Waals surface area contributed by atoms with Crippen molar-refractivity contribution in [1.82, 2.24) is 0 Å². The summed E-state index contributed by atoms with van der Waals surface area (Å²) in [4.78, 5) is 5.75. The van der Waals surface area contributed by atoms with Gasteiger partial charge in [-0.15, -0.1) is 0 Å². The summed E-state index contributed by atoms with van der Waals surface area (Å²) in [5, 5.41) is 4.50. The van der Waals surface area contributed by atoms with Gasteiger partial charge >= 0.3 is 0 Å². The summed E-state index contributed by atoms with van der Waals surface area (Å²) in [6, 6.07) is 0. The Hall–Kier alpha value is -0.530. The van der Waals surface area contributed by atoms with E-state index in [0.717, 1.165) is 41.4 Å². The van der Waals surface area contributed by atoms with Crippen molar-refractivity contribution in [1.29, 1.82) is 0 Å². The maximum absolute atomic E-state index is 5.75. The fraction of sp³-hybridized carbons (Fsp3) is 0.963. The van der Waals surface area contributed by atoms with Crippen LogP contribution in [0.5, 0.6) is 0 Å². The molecule has 4 saturated carbocycles. The van der Waals surface area contributed by atoms with E-state index >= 15 is 0 Å². The Balaban J connectivity index is 1.33. The van der Waals surface area contributed by atoms with E-state index in [0.29, 0.717) is 16.9 Å². The number of oxime groups is 1. The number of hydrogen-bond acceptors (Lipinski definition) is 2. The van der Waals surface area contributed by atoms with Crippen molar-refractivity contribution >= 4 is 6.21 Å². The van der Waals surface area contributed by atoms with Crippen LogP contribution in [0, 0.1) is 52.3 Å². The highest BCUT2D eigenvalue weighted by Crippen LogP contribution is 2.68. The molecule has 1 heterocycles. The third-order valence-electron chi connectivity index (χ3n) is 10.9. The molecule has 0 aromatic rings. The smallest absolute Gasteiger partial charge is 0.128 e. The molecule has 2 heteroatoms. The zero-order valence-corrected chi connectivity index (χ0v) is 19.5. The van der Waals surface area contributed by atoms with Gasteiger partial charge in [0.2, 0.25) is 0 Å². The molecule has 5 aliphatic rings. The molecule has 0 unspecified atom stereocenters. The highest BCUT2D eigenvalue weighted by molar-refractivity contribution is 5.68. The lowest BCUT2D eigenvalue weighted by Crippen LogP contribution is -2.57. The molecule has 2 nitrogen and oxygen atoms in total. The first-order valence-electron chi connectivity index (χ1n) is 13.1. The van der Waals surface area contributed by atoms with Crippen LogP contribution >= 0.6 is 0 Å². The summed E-state index contributed by atoms with van der Waals surface area (Å²) >= 11 is 0. The van der Waals surface area contributed by atoms with E-state index in [-0.39, 0.29) is 0 Å². The van der Waals surface area contributed by atoms with Gasteiger partial charge in [0, 0.05) is 5.41 Å². The number of nitrogens with zero attached hydrogens (tertiary/aromatic N) is 1. The van der Waals surface area contributed by atoms with Gasteiger partial charge in [-0.2, -0.15) is 0 Å². The van der Waals surface area contributed by atoms with E-state index in [1.807, 2.05) is 0 Å². The Morgan fingerprint density at radius 1 is 0.966 bits per heavy atom. The molecular formula is C27H45NO. The second-order valence-electron chi connectivity index (χ2n) is 12.5. The van der Waals surface area contributed by atoms with E-state index in [2.05, 4.69) is 39.1 Å². The van der Waals surface area contributed by atoms with Crippen LogP contribution in [0.15, 0.2) is 5.16 Å². The molecule has 5 rings (SSSR count). The maximum Gasteiger partial charge on any atom is 0.128 e. The summed E-state index contributed by atoms with van der Waals surface area (Å²) in [6.45, 7) is 10.1. The van der Waals surface area contributed by atoms with Crippen LogP contribution in [0.25, 0.3) is 0 Å². The minimum Gasteiger partial charge on any atom is -0.393 e. The lowest BCUT2D eigenvalue weighted by molar-refractivity contribution is -0.129. The van der Waals surface area contributed by atoms with Crippen LogP contribution in [-0.4, -0.2) is 12.3 Å². The van der Waals surface area contributed by atoms with Crippen molar-refractivity contribution in [3.8, 4) is 0 Å². The number of hydrogen-bond donors (Lipinski definition) is 0. The van der Waals surface area contributed by atoms with E-state index < -0.39 is 0 Å². The predicted molar refractivity (Wildman–Crippen MR) is 121 cm³/mol. The first kappa shape index (κ1) is 20.4. The lowest BCUT2D eigenvalue weighted by Gasteiger charge is -2.61. The monoisotopic (exact) mass is 399 g/mol. The summed E-state index contributed by atoms with van der Waals surface area (Å²) in [7, 11) is 0. The molecule has 1 aliphatic heterocycles. The van der Waals surface area contributed by atoms with Gasteiger partial charge in [0.05, 0.1) is 6.21 Å². The molecule has 4 aliphatic carbocycles. The number of fused-ring (bicyclic) bond motifs is 4. The van der Waals surface area contributed by atoms with E-state index in [4.69, 9.17) is 4.84 Å². The first-order valence-corrected chi connectivity index (χ1v) is 13.1. The molecule has 9 atom stereocenters. The molecule has 164 valence electrons. The van der Waals surface area contributed by atoms with E-state index in [1.54, 1.807) is 0 Å². The Kier molecular flexibility index (Phi) is 5.31. The average Bonchev–Trinajstić information content (AvgIpc) is 3.04. The molecule has 1 spiro atoms. The van der Waals surface area contributed by atoms with E-state index in [9.17, 15) is 0 Å². The first-order chi connectivity index (χ1) is 13.9. The molecule has 4 fully saturated rings. The molecule has 0 N–H and O–H groups in total. The largest absolute Gasteiger partial charge is 0.393 e. The van der Waals surface area contributed by atoms with Gasteiger partial charge in [-0.3, -0.25) is 0 Å². The minimum absolute atomic E-state index is 0.395. The molecule has 0 amide bonds. The molecule has 0 radical (unpaired) electrons. The van der Waals surface area contributed by atoms with Crippen LogP contribution in [-0.2, 0) is 4.84 Å². The van der Waals surface area contributed by atoms with Crippen molar-refractivity contribution in [2.24, 2.45) is 57.4 Å². The molecule has 29 heavy (non-hydrogen) atoms. The van der Waals surface area contributed by atoms with Crippen LogP contribution in [0.3, 0.4) is 0 Å². The SMILES string of the molecule is CC(C)CCC[C@H](C)[C@@H]1CC[C@@H]2[C@@H]3CC[C@H]4CC[C@H]5C[C@@]4(C=NO5)[C@H]3CC[C@]21C. The fourth-order valence-electron chi connectivity index (χ4n) is 9.52. The van der Waals surface area contributed by atoms with Crippen LogP contribution in [0.4, 0.5) is 0 Å². The molecule has 0 aromatic heterocycles. The normalized spacial score (nSPS) is 49.1. The third-order valence-corrected chi connectivity index (χ3v) is 10.9. The van der Waals surface area contributed by atoms with Gasteiger partial charge in [-0.1, -0.05) is 52.1 Å². The van der Waals surface area contributed by atoms with Gasteiger partial charge in [0.25, 0.3) is 0 Å². The second kappa shape index (κ2) is 7.56. The van der Waals surface area contributed by atoms with Gasteiger partial charge in [0.15, 0.2) is 0 Å². The Bertz CT molecular complexity index is 628. The third kappa shape index (κ3) is 3.21. The molecule has 0 aromatic carbocycles. The van der Waals surface area contributed by atoms with Gasteiger partial charge in [-0.25, -0.2) is 0 Å². The topological polar surface area (TPSA) is 21.6 Å². The summed E-state index contributed by atoms with van der Waals surface area (Å²) in [5.74, 6) is 6.47. The van der Waals surface area contributed by atoms with Gasteiger partial charge in [-0.05, 0) is 105 Å². The Labute approximate surface area is 179 Å². The maximum atomic E-state index is 5.75. The zero-order chi connectivity index (χ0) is 20.2. The van der Waals surface area contributed by atoms with Crippen molar-refractivity contribution in [2.45, 2.75) is 111 Å². The van der Waals surface area contributed by atoms with Crippen molar-refractivity contribution < 1.29 is 4.84 Å². The minimum atomic E-state index is 0.395. The molecule has 2 bridgehead atoms. The molecular weight excluding hydrogens is 354 g/mol. The summed E-state index contributed by atoms with van der Waals surface area (Å²) < 4.78 is 0. The summed E-state index contributed by atoms with van der Waals surface area (Å²) in [5.41, 5.74) is 1.00. The quantitative estimate of drug-likeness (QED) is 0.470.